The predicted octanol–water partition coefficient (Wildman–Crippen LogP) is 1.59. The summed E-state index contributed by atoms with van der Waals surface area (Å²) in [4.78, 5) is 19.5. The van der Waals surface area contributed by atoms with Gasteiger partial charge >= 0.3 is 0 Å². The number of carbonyl (C=O) groups is 1. The fourth-order valence-electron chi connectivity index (χ4n) is 1.98. The van der Waals surface area contributed by atoms with E-state index in [1.807, 2.05) is 19.9 Å². The summed E-state index contributed by atoms with van der Waals surface area (Å²) < 4.78 is 1.61. The molecule has 0 aromatic carbocycles. The summed E-state index contributed by atoms with van der Waals surface area (Å²) in [6.07, 6.45) is 5.03. The number of H-pyrrole nitrogens is 1. The number of aromatic nitrogens is 4. The summed E-state index contributed by atoms with van der Waals surface area (Å²) in [5, 5.41) is 7.25. The molecule has 6 heteroatoms. The van der Waals surface area contributed by atoms with Crippen LogP contribution in [0.5, 0.6) is 0 Å². The van der Waals surface area contributed by atoms with Crippen molar-refractivity contribution in [2.75, 3.05) is 0 Å². The second kappa shape index (κ2) is 5.69. The molecule has 0 radical (unpaired) electrons. The Balaban J connectivity index is 2.13. The zero-order valence-corrected chi connectivity index (χ0v) is 11.5. The van der Waals surface area contributed by atoms with Crippen molar-refractivity contribution in [1.82, 2.24) is 25.1 Å². The molecule has 0 saturated heterocycles. The second-order valence-electron chi connectivity index (χ2n) is 4.41. The molecule has 0 aliphatic carbocycles. The van der Waals surface area contributed by atoms with E-state index in [-0.39, 0.29) is 11.9 Å². The Kier molecular flexibility index (Phi) is 3.99. The summed E-state index contributed by atoms with van der Waals surface area (Å²) in [6.45, 7) is 4.02. The normalized spacial score (nSPS) is 12.4. The van der Waals surface area contributed by atoms with Crippen molar-refractivity contribution in [2.24, 2.45) is 7.05 Å². The third-order valence-corrected chi connectivity index (χ3v) is 3.09. The van der Waals surface area contributed by atoms with Crippen molar-refractivity contribution in [3.05, 3.63) is 35.7 Å². The Bertz CT molecular complexity index is 543. The highest BCUT2D eigenvalue weighted by molar-refractivity contribution is 5.92. The Morgan fingerprint density at radius 3 is 2.84 bits per heavy atom. The molecule has 0 spiro atoms. The highest BCUT2D eigenvalue weighted by atomic mass is 16.2. The molecule has 2 rings (SSSR count). The number of aryl methyl sites for hydroxylation is 2. The molecule has 1 amide bonds. The smallest absolute Gasteiger partial charge is 0.270 e. The monoisotopic (exact) mass is 261 g/mol. The Hall–Kier alpha value is -2.11. The van der Waals surface area contributed by atoms with E-state index in [0.717, 1.165) is 24.4 Å². The van der Waals surface area contributed by atoms with E-state index in [1.165, 1.54) is 0 Å². The van der Waals surface area contributed by atoms with E-state index in [9.17, 15) is 4.79 Å². The van der Waals surface area contributed by atoms with Crippen LogP contribution in [0.2, 0.25) is 0 Å². The van der Waals surface area contributed by atoms with Crippen molar-refractivity contribution in [3.8, 4) is 0 Å². The summed E-state index contributed by atoms with van der Waals surface area (Å²) >= 11 is 0. The van der Waals surface area contributed by atoms with E-state index in [0.29, 0.717) is 5.69 Å². The van der Waals surface area contributed by atoms with Crippen LogP contribution in [0.1, 0.15) is 48.3 Å². The predicted molar refractivity (Wildman–Crippen MR) is 71.7 cm³/mol. The quantitative estimate of drug-likeness (QED) is 0.858. The van der Waals surface area contributed by atoms with Crippen LogP contribution in [0.25, 0.3) is 0 Å². The molecule has 0 saturated carbocycles. The van der Waals surface area contributed by atoms with Gasteiger partial charge in [0.15, 0.2) is 0 Å². The molecule has 2 N–H and O–H groups in total. The minimum Gasteiger partial charge on any atom is -0.347 e. The lowest BCUT2D eigenvalue weighted by Gasteiger charge is -2.14. The molecule has 19 heavy (non-hydrogen) atoms. The molecule has 0 aliphatic heterocycles. The van der Waals surface area contributed by atoms with Gasteiger partial charge in [-0.25, -0.2) is 4.98 Å². The largest absolute Gasteiger partial charge is 0.347 e. The van der Waals surface area contributed by atoms with Gasteiger partial charge in [0.05, 0.1) is 11.7 Å². The topological polar surface area (TPSA) is 75.6 Å². The Labute approximate surface area is 112 Å². The lowest BCUT2D eigenvalue weighted by molar-refractivity contribution is 0.0924. The first kappa shape index (κ1) is 13.3. The molecule has 2 aromatic heterocycles. The number of hydrogen-bond donors (Lipinski definition) is 2. The molecule has 6 nitrogen and oxygen atoms in total. The van der Waals surface area contributed by atoms with Crippen LogP contribution in [0.4, 0.5) is 0 Å². The van der Waals surface area contributed by atoms with E-state index in [4.69, 9.17) is 0 Å². The molecular formula is C13H19N5O. The Morgan fingerprint density at radius 2 is 2.32 bits per heavy atom. The number of carbonyl (C=O) groups excluding carboxylic acids is 1. The van der Waals surface area contributed by atoms with Crippen molar-refractivity contribution in [3.63, 3.8) is 0 Å². The van der Waals surface area contributed by atoms with Crippen LogP contribution >= 0.6 is 0 Å². The third-order valence-electron chi connectivity index (χ3n) is 3.09. The van der Waals surface area contributed by atoms with Crippen molar-refractivity contribution < 1.29 is 4.79 Å². The zero-order valence-electron chi connectivity index (χ0n) is 11.5. The van der Waals surface area contributed by atoms with E-state index < -0.39 is 0 Å². The molecule has 102 valence electrons. The van der Waals surface area contributed by atoms with E-state index in [2.05, 4.69) is 20.4 Å². The maximum absolute atomic E-state index is 12.2. The second-order valence-corrected chi connectivity index (χ2v) is 4.41. The lowest BCUT2D eigenvalue weighted by Crippen LogP contribution is -2.30. The van der Waals surface area contributed by atoms with Gasteiger partial charge in [0.25, 0.3) is 5.91 Å². The van der Waals surface area contributed by atoms with Crippen LogP contribution < -0.4 is 5.32 Å². The average Bonchev–Trinajstić information content (AvgIpc) is 3.04. The molecule has 0 bridgehead atoms. The fourth-order valence-corrected chi connectivity index (χ4v) is 1.98. The van der Waals surface area contributed by atoms with Crippen LogP contribution in [0, 0.1) is 0 Å². The lowest BCUT2D eigenvalue weighted by atomic mass is 10.2. The highest BCUT2D eigenvalue weighted by Crippen LogP contribution is 2.13. The summed E-state index contributed by atoms with van der Waals surface area (Å²) in [6, 6.07) is 1.71. The SMILES string of the molecule is CCc1cc(C(=O)NC(CC)c2ncc[nH]2)n(C)n1. The highest BCUT2D eigenvalue weighted by Gasteiger charge is 2.18. The first-order valence-electron chi connectivity index (χ1n) is 6.48. The van der Waals surface area contributed by atoms with Gasteiger partial charge in [-0.05, 0) is 18.9 Å². The summed E-state index contributed by atoms with van der Waals surface area (Å²) in [7, 11) is 1.78. The molecule has 0 fully saturated rings. The summed E-state index contributed by atoms with van der Waals surface area (Å²) in [5.74, 6) is 0.645. The minimum absolute atomic E-state index is 0.109. The van der Waals surface area contributed by atoms with Crippen molar-refractivity contribution >= 4 is 5.91 Å². The van der Waals surface area contributed by atoms with Gasteiger partial charge in [-0.2, -0.15) is 5.10 Å². The molecule has 1 unspecified atom stereocenters. The van der Waals surface area contributed by atoms with Gasteiger partial charge in [-0.3, -0.25) is 9.48 Å². The van der Waals surface area contributed by atoms with Crippen LogP contribution in [0.3, 0.4) is 0 Å². The number of rotatable bonds is 5. The minimum atomic E-state index is -0.127. The van der Waals surface area contributed by atoms with Crippen molar-refractivity contribution in [2.45, 2.75) is 32.7 Å². The number of hydrogen-bond acceptors (Lipinski definition) is 3. The maximum atomic E-state index is 12.2. The third kappa shape index (κ3) is 2.83. The molecule has 1 atom stereocenters. The molecule has 2 heterocycles. The van der Waals surface area contributed by atoms with Gasteiger partial charge in [0.1, 0.15) is 11.5 Å². The number of amides is 1. The average molecular weight is 261 g/mol. The van der Waals surface area contributed by atoms with E-state index >= 15 is 0 Å². The first-order chi connectivity index (χ1) is 9.15. The Morgan fingerprint density at radius 1 is 1.53 bits per heavy atom. The maximum Gasteiger partial charge on any atom is 0.270 e. The molecular weight excluding hydrogens is 242 g/mol. The van der Waals surface area contributed by atoms with Gasteiger partial charge < -0.3 is 10.3 Å². The van der Waals surface area contributed by atoms with Gasteiger partial charge in [-0.15, -0.1) is 0 Å². The summed E-state index contributed by atoms with van der Waals surface area (Å²) in [5.41, 5.74) is 1.49. The number of aromatic amines is 1. The number of imidazole rings is 1. The van der Waals surface area contributed by atoms with Crippen LogP contribution in [-0.4, -0.2) is 25.7 Å². The van der Waals surface area contributed by atoms with Crippen LogP contribution in [0.15, 0.2) is 18.5 Å². The van der Waals surface area contributed by atoms with E-state index in [1.54, 1.807) is 24.1 Å². The number of nitrogens with zero attached hydrogens (tertiary/aromatic N) is 3. The van der Waals surface area contributed by atoms with Crippen LogP contribution in [-0.2, 0) is 13.5 Å². The van der Waals surface area contributed by atoms with Gasteiger partial charge in [0, 0.05) is 19.4 Å². The zero-order chi connectivity index (χ0) is 13.8. The fraction of sp³-hybridized carbons (Fsp3) is 0.462. The first-order valence-corrected chi connectivity index (χ1v) is 6.48. The van der Waals surface area contributed by atoms with Crippen molar-refractivity contribution in [1.29, 1.82) is 0 Å². The number of nitrogens with one attached hydrogen (secondary N) is 2. The molecule has 2 aromatic rings. The molecule has 0 aliphatic rings. The van der Waals surface area contributed by atoms with Gasteiger partial charge in [0.2, 0.25) is 0 Å². The standard InChI is InChI=1S/C13H19N5O/c1-4-9-8-11(18(3)17-9)13(19)16-10(5-2)12-14-6-7-15-12/h6-8,10H,4-5H2,1-3H3,(H,14,15)(H,16,19). The van der Waals surface area contributed by atoms with Gasteiger partial charge in [-0.1, -0.05) is 13.8 Å².